The Morgan fingerprint density at radius 2 is 1.78 bits per heavy atom. The molecule has 0 aliphatic carbocycles. The van der Waals surface area contributed by atoms with Crippen LogP contribution in [-0.2, 0) is 9.31 Å². The number of nitrogens with zero attached hydrogens (tertiary/aromatic N) is 1. The number of hydrogen-bond acceptors (Lipinski definition) is 4. The summed E-state index contributed by atoms with van der Waals surface area (Å²) in [5.41, 5.74) is 6.25. The predicted molar refractivity (Wildman–Crippen MR) is 72.3 cm³/mol. The lowest BCUT2D eigenvalue weighted by molar-refractivity contribution is 0.00578. The number of pyridine rings is 1. The summed E-state index contributed by atoms with van der Waals surface area (Å²) in [4.78, 5) is 4.02. The third-order valence-electron chi connectivity index (χ3n) is 3.70. The van der Waals surface area contributed by atoms with Crippen LogP contribution in [0, 0.1) is 0 Å². The average molecular weight is 269 g/mol. The van der Waals surface area contributed by atoms with Gasteiger partial charge in [0.15, 0.2) is 0 Å². The van der Waals surface area contributed by atoms with Gasteiger partial charge in [0.1, 0.15) is 5.15 Å². The van der Waals surface area contributed by atoms with E-state index in [1.54, 1.807) is 12.3 Å². The monoisotopic (exact) mass is 268 g/mol. The van der Waals surface area contributed by atoms with E-state index in [9.17, 15) is 0 Å². The van der Waals surface area contributed by atoms with Gasteiger partial charge in [-0.05, 0) is 39.3 Å². The summed E-state index contributed by atoms with van der Waals surface area (Å²) in [5.74, 6) is -0.379. The normalized spacial score (nSPS) is 23.1. The molecule has 18 heavy (non-hydrogen) atoms. The molecule has 4 nitrogen and oxygen atoms in total. The molecule has 1 saturated heterocycles. The van der Waals surface area contributed by atoms with Crippen molar-refractivity contribution in [2.75, 3.05) is 0 Å². The van der Waals surface area contributed by atoms with Gasteiger partial charge in [0.05, 0.1) is 17.1 Å². The molecule has 0 bridgehead atoms. The summed E-state index contributed by atoms with van der Waals surface area (Å²) in [6.07, 6.45) is 1.65. The molecule has 2 heterocycles. The molecule has 6 heteroatoms. The Morgan fingerprint density at radius 1 is 1.22 bits per heavy atom. The molecular formula is C12H18BClN2O2. The molecule has 1 unspecified atom stereocenters. The summed E-state index contributed by atoms with van der Waals surface area (Å²) < 4.78 is 11.8. The molecule has 0 radical (unpaired) electrons. The molecule has 0 spiro atoms. The molecule has 2 rings (SSSR count). The van der Waals surface area contributed by atoms with Gasteiger partial charge in [-0.2, -0.15) is 0 Å². The maximum absolute atomic E-state index is 6.16. The number of rotatable bonds is 2. The molecule has 0 aromatic carbocycles. The van der Waals surface area contributed by atoms with Crippen molar-refractivity contribution in [1.29, 1.82) is 0 Å². The highest BCUT2D eigenvalue weighted by Crippen LogP contribution is 2.39. The van der Waals surface area contributed by atoms with Crippen LogP contribution >= 0.6 is 11.6 Å². The standard InChI is InChI=1S/C12H18BClN2O2/c1-11(2)12(3,4)18-13(17-11)10(15)8-5-6-9(14)16-7-8/h5-7,10H,15H2,1-4H3. The van der Waals surface area contributed by atoms with Crippen molar-refractivity contribution >= 4 is 18.7 Å². The van der Waals surface area contributed by atoms with Crippen molar-refractivity contribution < 1.29 is 9.31 Å². The summed E-state index contributed by atoms with van der Waals surface area (Å²) in [6, 6.07) is 3.55. The Hall–Kier alpha value is -0.615. The van der Waals surface area contributed by atoms with E-state index in [0.717, 1.165) is 5.56 Å². The molecule has 1 aromatic rings. The van der Waals surface area contributed by atoms with Crippen LogP contribution in [0.3, 0.4) is 0 Å². The van der Waals surface area contributed by atoms with Crippen molar-refractivity contribution in [1.82, 2.24) is 4.98 Å². The Labute approximate surface area is 113 Å². The average Bonchev–Trinajstić information content (AvgIpc) is 2.48. The van der Waals surface area contributed by atoms with Crippen LogP contribution in [0.15, 0.2) is 18.3 Å². The van der Waals surface area contributed by atoms with Crippen LogP contribution in [-0.4, -0.2) is 23.3 Å². The fourth-order valence-electron chi connectivity index (χ4n) is 1.78. The van der Waals surface area contributed by atoms with Crippen molar-refractivity contribution in [3.63, 3.8) is 0 Å². The van der Waals surface area contributed by atoms with Gasteiger partial charge in [0, 0.05) is 6.20 Å². The summed E-state index contributed by atoms with van der Waals surface area (Å²) in [5, 5.41) is 0.444. The van der Waals surface area contributed by atoms with Crippen LogP contribution < -0.4 is 5.73 Å². The molecule has 0 saturated carbocycles. The van der Waals surface area contributed by atoms with E-state index in [1.165, 1.54) is 0 Å². The first-order valence-corrected chi connectivity index (χ1v) is 6.33. The Kier molecular flexibility index (Phi) is 3.45. The maximum Gasteiger partial charge on any atom is 0.480 e. The molecule has 98 valence electrons. The maximum atomic E-state index is 6.16. The van der Waals surface area contributed by atoms with Crippen molar-refractivity contribution in [3.05, 3.63) is 29.0 Å². The number of hydrogen-bond donors (Lipinski definition) is 1. The van der Waals surface area contributed by atoms with Crippen molar-refractivity contribution in [2.45, 2.75) is 44.8 Å². The lowest BCUT2D eigenvalue weighted by atomic mass is 9.75. The van der Waals surface area contributed by atoms with E-state index in [1.807, 2.05) is 33.8 Å². The predicted octanol–water partition coefficient (Wildman–Crippen LogP) is 2.37. The van der Waals surface area contributed by atoms with Gasteiger partial charge in [0.25, 0.3) is 0 Å². The molecule has 0 amide bonds. The van der Waals surface area contributed by atoms with E-state index in [2.05, 4.69) is 4.98 Å². The van der Waals surface area contributed by atoms with Crippen LogP contribution in [0.2, 0.25) is 5.15 Å². The molecule has 1 aromatic heterocycles. The Balaban J connectivity index is 2.17. The minimum atomic E-state index is -0.474. The zero-order valence-electron chi connectivity index (χ0n) is 11.1. The van der Waals surface area contributed by atoms with Gasteiger partial charge in [-0.3, -0.25) is 0 Å². The zero-order chi connectivity index (χ0) is 13.6. The lowest BCUT2D eigenvalue weighted by Crippen LogP contribution is -2.41. The molecule has 1 aliphatic heterocycles. The Bertz CT molecular complexity index is 420. The fraction of sp³-hybridized carbons (Fsp3) is 0.583. The van der Waals surface area contributed by atoms with E-state index >= 15 is 0 Å². The highest BCUT2D eigenvalue weighted by molar-refractivity contribution is 6.47. The fourth-order valence-corrected chi connectivity index (χ4v) is 1.89. The first-order valence-electron chi connectivity index (χ1n) is 5.96. The van der Waals surface area contributed by atoms with E-state index in [4.69, 9.17) is 26.6 Å². The van der Waals surface area contributed by atoms with Crippen LogP contribution in [0.4, 0.5) is 0 Å². The summed E-state index contributed by atoms with van der Waals surface area (Å²) >= 11 is 5.75. The first-order chi connectivity index (χ1) is 8.23. The van der Waals surface area contributed by atoms with Gasteiger partial charge >= 0.3 is 7.12 Å². The molecule has 1 fully saturated rings. The highest BCUT2D eigenvalue weighted by atomic mass is 35.5. The molecule has 1 atom stereocenters. The van der Waals surface area contributed by atoms with E-state index < -0.39 is 7.12 Å². The molecule has 2 N–H and O–H groups in total. The van der Waals surface area contributed by atoms with Gasteiger partial charge < -0.3 is 15.0 Å². The molecule has 1 aliphatic rings. The zero-order valence-corrected chi connectivity index (χ0v) is 11.9. The topological polar surface area (TPSA) is 57.4 Å². The third-order valence-corrected chi connectivity index (χ3v) is 3.92. The van der Waals surface area contributed by atoms with Crippen LogP contribution in [0.5, 0.6) is 0 Å². The van der Waals surface area contributed by atoms with Crippen molar-refractivity contribution in [2.24, 2.45) is 5.73 Å². The SMILES string of the molecule is CC1(C)OB(C(N)c2ccc(Cl)nc2)OC1(C)C. The van der Waals surface area contributed by atoms with Gasteiger partial charge in [-0.25, -0.2) is 4.98 Å². The van der Waals surface area contributed by atoms with Gasteiger partial charge in [-0.15, -0.1) is 0 Å². The highest BCUT2D eigenvalue weighted by Gasteiger charge is 2.53. The largest absolute Gasteiger partial charge is 0.480 e. The smallest absolute Gasteiger partial charge is 0.402 e. The van der Waals surface area contributed by atoms with Crippen molar-refractivity contribution in [3.8, 4) is 0 Å². The quantitative estimate of drug-likeness (QED) is 0.661. The van der Waals surface area contributed by atoms with Gasteiger partial charge in [0.2, 0.25) is 0 Å². The van der Waals surface area contributed by atoms with Crippen LogP contribution in [0.1, 0.15) is 39.2 Å². The van der Waals surface area contributed by atoms with E-state index in [-0.39, 0.29) is 17.1 Å². The number of nitrogens with two attached hydrogens (primary N) is 1. The second-order valence-electron chi connectivity index (χ2n) is 5.56. The first kappa shape index (κ1) is 13.8. The number of halogens is 1. The lowest BCUT2D eigenvalue weighted by Gasteiger charge is -2.32. The summed E-state index contributed by atoms with van der Waals surface area (Å²) in [6.45, 7) is 8.00. The van der Waals surface area contributed by atoms with Gasteiger partial charge in [-0.1, -0.05) is 17.7 Å². The Morgan fingerprint density at radius 3 is 2.22 bits per heavy atom. The summed E-state index contributed by atoms with van der Waals surface area (Å²) in [7, 11) is -0.474. The van der Waals surface area contributed by atoms with Crippen LogP contribution in [0.25, 0.3) is 0 Å². The minimum Gasteiger partial charge on any atom is -0.402 e. The third kappa shape index (κ3) is 2.40. The number of aromatic nitrogens is 1. The minimum absolute atomic E-state index is 0.379. The molecular weight excluding hydrogens is 250 g/mol. The second-order valence-corrected chi connectivity index (χ2v) is 5.95. The van der Waals surface area contributed by atoms with E-state index in [0.29, 0.717) is 5.15 Å². The second kappa shape index (κ2) is 4.49.